The molecule has 2 rings (SSSR count). The second-order valence-electron chi connectivity index (χ2n) is 7.65. The Bertz CT molecular complexity index is 844. The van der Waals surface area contributed by atoms with Crippen molar-refractivity contribution in [3.63, 3.8) is 0 Å². The van der Waals surface area contributed by atoms with Crippen molar-refractivity contribution in [1.29, 1.82) is 0 Å². The van der Waals surface area contributed by atoms with Gasteiger partial charge in [-0.15, -0.1) is 0 Å². The number of carbonyl (C=O) groups excluding carboxylic acids is 2. The van der Waals surface area contributed by atoms with Crippen LogP contribution in [0.2, 0.25) is 0 Å². The molecular weight excluding hydrogens is 420 g/mol. The molecule has 0 aliphatic carbocycles. The summed E-state index contributed by atoms with van der Waals surface area (Å²) >= 11 is 3.34. The summed E-state index contributed by atoms with van der Waals surface area (Å²) in [4.78, 5) is 24.1. The smallest absolute Gasteiger partial charge is 0.258 e. The Balaban J connectivity index is 1.77. The molecule has 2 amide bonds. The van der Waals surface area contributed by atoms with Crippen LogP contribution in [0, 0.1) is 6.92 Å². The van der Waals surface area contributed by atoms with Gasteiger partial charge in [0.05, 0.1) is 0 Å². The highest BCUT2D eigenvalue weighted by Gasteiger charge is 2.19. The third-order valence-corrected chi connectivity index (χ3v) is 4.61. The molecule has 6 heteroatoms. The van der Waals surface area contributed by atoms with E-state index in [1.807, 2.05) is 25.1 Å². The van der Waals surface area contributed by atoms with Gasteiger partial charge in [0, 0.05) is 23.1 Å². The van der Waals surface area contributed by atoms with E-state index in [1.165, 1.54) is 0 Å². The maximum atomic E-state index is 12.0. The van der Waals surface area contributed by atoms with Gasteiger partial charge in [0.25, 0.3) is 11.8 Å². The van der Waals surface area contributed by atoms with Gasteiger partial charge in [-0.3, -0.25) is 9.59 Å². The molecule has 0 aromatic heterocycles. The van der Waals surface area contributed by atoms with Crippen LogP contribution in [0.15, 0.2) is 46.9 Å². The lowest BCUT2D eigenvalue weighted by molar-refractivity contribution is -0.123. The highest BCUT2D eigenvalue weighted by atomic mass is 79.9. The van der Waals surface area contributed by atoms with E-state index >= 15 is 0 Å². The third kappa shape index (κ3) is 6.68. The van der Waals surface area contributed by atoms with Gasteiger partial charge in [0.1, 0.15) is 5.75 Å². The largest absolute Gasteiger partial charge is 0.483 e. The van der Waals surface area contributed by atoms with E-state index in [0.29, 0.717) is 18.7 Å². The van der Waals surface area contributed by atoms with Crippen LogP contribution in [0.1, 0.15) is 42.3 Å². The number of ether oxygens (including phenoxy) is 1. The van der Waals surface area contributed by atoms with Crippen LogP contribution in [0.5, 0.6) is 5.75 Å². The van der Waals surface area contributed by atoms with Crippen molar-refractivity contribution in [3.05, 3.63) is 63.6 Å². The molecule has 0 aliphatic rings. The predicted octanol–water partition coefficient (Wildman–Crippen LogP) is 3.98. The lowest BCUT2D eigenvalue weighted by Gasteiger charge is -2.23. The Morgan fingerprint density at radius 3 is 2.43 bits per heavy atom. The number of rotatable bonds is 7. The molecular formula is C22H27BrN2O3. The minimum Gasteiger partial charge on any atom is -0.483 e. The van der Waals surface area contributed by atoms with Crippen LogP contribution in [0.25, 0.3) is 0 Å². The molecule has 0 saturated carbocycles. The molecule has 0 saturated heterocycles. The van der Waals surface area contributed by atoms with E-state index in [9.17, 15) is 9.59 Å². The number of carbonyl (C=O) groups is 2. The Labute approximate surface area is 175 Å². The fourth-order valence-electron chi connectivity index (χ4n) is 2.66. The lowest BCUT2D eigenvalue weighted by atomic mass is 9.85. The quantitative estimate of drug-likeness (QED) is 0.631. The van der Waals surface area contributed by atoms with Crippen LogP contribution in [-0.4, -0.2) is 31.5 Å². The number of halogens is 1. The summed E-state index contributed by atoms with van der Waals surface area (Å²) in [6.45, 7) is 8.99. The molecule has 2 N–H and O–H groups in total. The van der Waals surface area contributed by atoms with Crippen LogP contribution in [-0.2, 0) is 10.2 Å². The second-order valence-corrected chi connectivity index (χ2v) is 8.57. The van der Waals surface area contributed by atoms with E-state index in [2.05, 4.69) is 53.4 Å². The Morgan fingerprint density at radius 1 is 1.04 bits per heavy atom. The normalized spacial score (nSPS) is 11.0. The third-order valence-electron chi connectivity index (χ3n) is 4.12. The molecule has 5 nitrogen and oxygen atoms in total. The molecule has 150 valence electrons. The summed E-state index contributed by atoms with van der Waals surface area (Å²) in [5.74, 6) is 0.314. The minimum atomic E-state index is -0.225. The van der Waals surface area contributed by atoms with Crippen molar-refractivity contribution in [2.24, 2.45) is 0 Å². The van der Waals surface area contributed by atoms with Gasteiger partial charge in [-0.05, 0) is 42.2 Å². The Morgan fingerprint density at radius 2 is 1.75 bits per heavy atom. The molecule has 2 aromatic rings. The molecule has 28 heavy (non-hydrogen) atoms. The van der Waals surface area contributed by atoms with Crippen molar-refractivity contribution < 1.29 is 14.3 Å². The summed E-state index contributed by atoms with van der Waals surface area (Å²) in [5.41, 5.74) is 2.72. The van der Waals surface area contributed by atoms with Gasteiger partial charge in [0.15, 0.2) is 6.61 Å². The molecule has 0 fully saturated rings. The molecule has 0 heterocycles. The molecule has 0 spiro atoms. The van der Waals surface area contributed by atoms with Crippen molar-refractivity contribution in [1.82, 2.24) is 10.6 Å². The van der Waals surface area contributed by atoms with Gasteiger partial charge in [0.2, 0.25) is 0 Å². The first-order valence-corrected chi connectivity index (χ1v) is 10.0. The van der Waals surface area contributed by atoms with Gasteiger partial charge < -0.3 is 15.4 Å². The van der Waals surface area contributed by atoms with E-state index in [1.54, 1.807) is 18.2 Å². The van der Waals surface area contributed by atoms with Crippen molar-refractivity contribution in [3.8, 4) is 5.75 Å². The molecule has 0 aliphatic heterocycles. The lowest BCUT2D eigenvalue weighted by Crippen LogP contribution is -2.36. The van der Waals surface area contributed by atoms with E-state index in [4.69, 9.17) is 4.74 Å². The first kappa shape index (κ1) is 22.0. The van der Waals surface area contributed by atoms with Crippen molar-refractivity contribution in [2.45, 2.75) is 33.1 Å². The highest BCUT2D eigenvalue weighted by Crippen LogP contribution is 2.32. The minimum absolute atomic E-state index is 0.0638. The number of benzene rings is 2. The molecule has 0 bridgehead atoms. The van der Waals surface area contributed by atoms with Gasteiger partial charge in [-0.2, -0.15) is 0 Å². The molecule has 2 aromatic carbocycles. The molecule has 0 radical (unpaired) electrons. The fourth-order valence-corrected chi connectivity index (χ4v) is 3.06. The van der Waals surface area contributed by atoms with Crippen molar-refractivity contribution in [2.75, 3.05) is 19.7 Å². The summed E-state index contributed by atoms with van der Waals surface area (Å²) < 4.78 is 6.58. The number of hydrogen-bond acceptors (Lipinski definition) is 3. The molecule has 0 unspecified atom stereocenters. The van der Waals surface area contributed by atoms with E-state index in [-0.39, 0.29) is 23.8 Å². The number of nitrogens with one attached hydrogen (secondary N) is 2. The predicted molar refractivity (Wildman–Crippen MR) is 115 cm³/mol. The summed E-state index contributed by atoms with van der Waals surface area (Å²) in [7, 11) is 0. The maximum Gasteiger partial charge on any atom is 0.258 e. The topological polar surface area (TPSA) is 67.4 Å². The van der Waals surface area contributed by atoms with Crippen LogP contribution >= 0.6 is 15.9 Å². The average molecular weight is 447 g/mol. The molecule has 0 atom stereocenters. The zero-order valence-electron chi connectivity index (χ0n) is 16.8. The van der Waals surface area contributed by atoms with Gasteiger partial charge in [-0.25, -0.2) is 0 Å². The zero-order chi connectivity index (χ0) is 20.7. The first-order chi connectivity index (χ1) is 13.2. The Kier molecular flexibility index (Phi) is 7.63. The summed E-state index contributed by atoms with van der Waals surface area (Å²) in [6.07, 6.45) is 0. The zero-order valence-corrected chi connectivity index (χ0v) is 18.4. The number of aryl methyl sites for hydroxylation is 1. The average Bonchev–Trinajstić information content (AvgIpc) is 2.63. The Hall–Kier alpha value is -2.34. The summed E-state index contributed by atoms with van der Waals surface area (Å²) in [5, 5.41) is 5.53. The standard InChI is InChI=1S/C22H27BrN2O3/c1-15-8-9-19(18(12-15)22(2,3)4)28-14-20(26)24-10-11-25-21(27)16-6-5-7-17(23)13-16/h5-9,12-13H,10-11,14H2,1-4H3,(H,24,26)(H,25,27). The van der Waals surface area contributed by atoms with Crippen LogP contribution < -0.4 is 15.4 Å². The first-order valence-electron chi connectivity index (χ1n) is 9.21. The monoisotopic (exact) mass is 446 g/mol. The number of amides is 2. The number of hydrogen-bond donors (Lipinski definition) is 2. The second kappa shape index (κ2) is 9.73. The highest BCUT2D eigenvalue weighted by molar-refractivity contribution is 9.10. The summed E-state index contributed by atoms with van der Waals surface area (Å²) in [6, 6.07) is 13.1. The van der Waals surface area contributed by atoms with Gasteiger partial charge in [-0.1, -0.05) is 60.5 Å². The van der Waals surface area contributed by atoms with Crippen molar-refractivity contribution >= 4 is 27.7 Å². The van der Waals surface area contributed by atoms with Crippen LogP contribution in [0.3, 0.4) is 0 Å². The SMILES string of the molecule is Cc1ccc(OCC(=O)NCCNC(=O)c2cccc(Br)c2)c(C(C)(C)C)c1. The van der Waals surface area contributed by atoms with E-state index < -0.39 is 0 Å². The fraction of sp³-hybridized carbons (Fsp3) is 0.364. The van der Waals surface area contributed by atoms with Gasteiger partial charge >= 0.3 is 0 Å². The maximum absolute atomic E-state index is 12.0. The van der Waals surface area contributed by atoms with Crippen LogP contribution in [0.4, 0.5) is 0 Å². The van der Waals surface area contributed by atoms with E-state index in [0.717, 1.165) is 21.3 Å².